The van der Waals surface area contributed by atoms with Crippen LogP contribution in [0.15, 0.2) is 34.7 Å². The summed E-state index contributed by atoms with van der Waals surface area (Å²) in [6.45, 7) is 6.44. The van der Waals surface area contributed by atoms with Gasteiger partial charge in [-0.3, -0.25) is 9.59 Å². The summed E-state index contributed by atoms with van der Waals surface area (Å²) in [6.07, 6.45) is 3.32. The zero-order valence-corrected chi connectivity index (χ0v) is 20.7. The number of esters is 1. The summed E-state index contributed by atoms with van der Waals surface area (Å²) >= 11 is 1.69. The van der Waals surface area contributed by atoms with Gasteiger partial charge < -0.3 is 19.2 Å². The molecule has 1 aliphatic carbocycles. The fraction of sp³-hybridized carbons (Fsp3) is 0.440. The van der Waals surface area contributed by atoms with Gasteiger partial charge in [0.1, 0.15) is 12.3 Å². The van der Waals surface area contributed by atoms with Crippen LogP contribution in [0.2, 0.25) is 0 Å². The molecule has 0 aliphatic heterocycles. The molecule has 180 valence electrons. The van der Waals surface area contributed by atoms with Crippen molar-refractivity contribution in [3.63, 3.8) is 0 Å². The van der Waals surface area contributed by atoms with E-state index < -0.39 is 11.9 Å². The van der Waals surface area contributed by atoms with Gasteiger partial charge in [0.2, 0.25) is 0 Å². The van der Waals surface area contributed by atoms with Gasteiger partial charge in [-0.05, 0) is 54.4 Å². The van der Waals surface area contributed by atoms with Gasteiger partial charge in [0, 0.05) is 4.88 Å². The van der Waals surface area contributed by atoms with Gasteiger partial charge >= 0.3 is 5.97 Å². The third-order valence-corrected chi connectivity index (χ3v) is 7.31. The SMILES string of the molecule is COc1ccccc1C(=O)NCC(=O)OCc1nnc(-c2cc3c(s2)CCC(C(C)(C)C)C3)o1. The molecule has 0 spiro atoms. The van der Waals surface area contributed by atoms with Crippen LogP contribution in [-0.2, 0) is 29.0 Å². The van der Waals surface area contributed by atoms with Gasteiger partial charge in [0.15, 0.2) is 6.61 Å². The molecule has 8 nitrogen and oxygen atoms in total. The third-order valence-electron chi connectivity index (χ3n) is 6.09. The molecule has 1 atom stereocenters. The van der Waals surface area contributed by atoms with Crippen molar-refractivity contribution in [1.82, 2.24) is 15.5 Å². The van der Waals surface area contributed by atoms with E-state index >= 15 is 0 Å². The van der Waals surface area contributed by atoms with E-state index in [0.29, 0.717) is 23.1 Å². The number of methoxy groups -OCH3 is 1. The summed E-state index contributed by atoms with van der Waals surface area (Å²) in [5.74, 6) is 0.688. The molecule has 1 aromatic carbocycles. The van der Waals surface area contributed by atoms with Crippen molar-refractivity contribution in [3.05, 3.63) is 52.2 Å². The second-order valence-electron chi connectivity index (χ2n) is 9.41. The smallest absolute Gasteiger partial charge is 0.325 e. The molecule has 1 aliphatic rings. The average molecular weight is 484 g/mol. The average Bonchev–Trinajstić information content (AvgIpc) is 3.47. The number of amides is 1. The minimum Gasteiger partial charge on any atom is -0.496 e. The Morgan fingerprint density at radius 1 is 1.24 bits per heavy atom. The normalized spacial score (nSPS) is 15.5. The number of hydrogen-bond donors (Lipinski definition) is 1. The number of carbonyl (C=O) groups is 2. The number of rotatable bonds is 7. The van der Waals surface area contributed by atoms with E-state index in [-0.39, 0.29) is 24.5 Å². The maximum absolute atomic E-state index is 12.3. The van der Waals surface area contributed by atoms with Crippen molar-refractivity contribution in [1.29, 1.82) is 0 Å². The molecule has 0 saturated carbocycles. The van der Waals surface area contributed by atoms with Crippen molar-refractivity contribution in [2.45, 2.75) is 46.6 Å². The lowest BCUT2D eigenvalue weighted by atomic mass is 9.72. The van der Waals surface area contributed by atoms with E-state index in [1.54, 1.807) is 35.6 Å². The van der Waals surface area contributed by atoms with E-state index in [4.69, 9.17) is 13.9 Å². The number of ether oxygens (including phenoxy) is 2. The maximum atomic E-state index is 12.3. The minimum atomic E-state index is -0.609. The minimum absolute atomic E-state index is 0.159. The highest BCUT2D eigenvalue weighted by molar-refractivity contribution is 7.15. The van der Waals surface area contributed by atoms with Crippen LogP contribution < -0.4 is 10.1 Å². The quantitative estimate of drug-likeness (QED) is 0.496. The molecule has 0 fully saturated rings. The number of hydrogen-bond acceptors (Lipinski definition) is 8. The molecule has 0 radical (unpaired) electrons. The number of nitrogens with zero attached hydrogens (tertiary/aromatic N) is 2. The molecule has 1 amide bonds. The standard InChI is InChI=1S/C25H29N3O5S/c1-25(2,3)16-9-10-19-15(11-16)12-20(34-19)24-28-27-21(33-24)14-32-22(29)13-26-23(30)17-7-5-6-8-18(17)31-4/h5-8,12,16H,9-11,13-14H2,1-4H3,(H,26,30). The predicted molar refractivity (Wildman–Crippen MR) is 128 cm³/mol. The third kappa shape index (κ3) is 5.47. The zero-order chi connectivity index (χ0) is 24.3. The van der Waals surface area contributed by atoms with Crippen LogP contribution in [0.5, 0.6) is 5.75 Å². The maximum Gasteiger partial charge on any atom is 0.325 e. The second-order valence-corrected chi connectivity index (χ2v) is 10.5. The van der Waals surface area contributed by atoms with Crippen LogP contribution in [0.3, 0.4) is 0 Å². The summed E-state index contributed by atoms with van der Waals surface area (Å²) in [7, 11) is 1.48. The second kappa shape index (κ2) is 9.97. The van der Waals surface area contributed by atoms with Crippen molar-refractivity contribution < 1.29 is 23.5 Å². The van der Waals surface area contributed by atoms with Gasteiger partial charge in [-0.15, -0.1) is 21.5 Å². The van der Waals surface area contributed by atoms with Crippen LogP contribution in [0.25, 0.3) is 10.8 Å². The molecular formula is C25H29N3O5S. The topological polar surface area (TPSA) is 104 Å². The Kier molecular flexibility index (Phi) is 7.02. The number of nitrogens with one attached hydrogen (secondary N) is 1. The number of aromatic nitrogens is 2. The zero-order valence-electron chi connectivity index (χ0n) is 19.8. The Morgan fingerprint density at radius 3 is 2.79 bits per heavy atom. The fourth-order valence-electron chi connectivity index (χ4n) is 4.05. The molecule has 2 aromatic heterocycles. The number of benzene rings is 1. The molecule has 2 heterocycles. The highest BCUT2D eigenvalue weighted by Gasteiger charge is 2.30. The fourth-order valence-corrected chi connectivity index (χ4v) is 5.18. The van der Waals surface area contributed by atoms with Crippen LogP contribution in [0.4, 0.5) is 0 Å². The summed E-state index contributed by atoms with van der Waals surface area (Å²) in [6, 6.07) is 8.92. The molecule has 3 aromatic rings. The molecule has 4 rings (SSSR count). The summed E-state index contributed by atoms with van der Waals surface area (Å²) in [4.78, 5) is 26.7. The van der Waals surface area contributed by atoms with Gasteiger partial charge in [-0.25, -0.2) is 0 Å². The number of carbonyl (C=O) groups excluding carboxylic acids is 2. The number of fused-ring (bicyclic) bond motifs is 1. The van der Waals surface area contributed by atoms with Crippen LogP contribution in [-0.4, -0.2) is 35.7 Å². The first-order chi connectivity index (χ1) is 16.2. The largest absolute Gasteiger partial charge is 0.496 e. The van der Waals surface area contributed by atoms with Crippen molar-refractivity contribution in [3.8, 4) is 16.5 Å². The Hall–Kier alpha value is -3.20. The summed E-state index contributed by atoms with van der Waals surface area (Å²) < 4.78 is 16.1. The summed E-state index contributed by atoms with van der Waals surface area (Å²) in [5, 5.41) is 10.7. The van der Waals surface area contributed by atoms with Gasteiger partial charge in [0.25, 0.3) is 17.7 Å². The highest BCUT2D eigenvalue weighted by Crippen LogP contribution is 2.42. The Morgan fingerprint density at radius 2 is 2.03 bits per heavy atom. The van der Waals surface area contributed by atoms with Gasteiger partial charge in [-0.1, -0.05) is 32.9 Å². The first kappa shape index (κ1) is 23.9. The lowest BCUT2D eigenvalue weighted by molar-refractivity contribution is -0.144. The lowest BCUT2D eigenvalue weighted by Crippen LogP contribution is -2.30. The molecule has 1 N–H and O–H groups in total. The molecule has 1 unspecified atom stereocenters. The molecule has 0 saturated heterocycles. The number of thiophene rings is 1. The number of aryl methyl sites for hydroxylation is 1. The first-order valence-electron chi connectivity index (χ1n) is 11.3. The molecule has 0 bridgehead atoms. The van der Waals surface area contributed by atoms with Crippen LogP contribution in [0.1, 0.15) is 53.9 Å². The highest BCUT2D eigenvalue weighted by atomic mass is 32.1. The van der Waals surface area contributed by atoms with E-state index in [1.807, 2.05) is 0 Å². The van der Waals surface area contributed by atoms with Crippen molar-refractivity contribution >= 4 is 23.2 Å². The predicted octanol–water partition coefficient (Wildman–Crippen LogP) is 4.43. The molecule has 34 heavy (non-hydrogen) atoms. The first-order valence-corrected chi connectivity index (χ1v) is 12.1. The van der Waals surface area contributed by atoms with E-state index in [9.17, 15) is 9.59 Å². The lowest BCUT2D eigenvalue weighted by Gasteiger charge is -2.33. The number of para-hydroxylation sites is 1. The van der Waals surface area contributed by atoms with E-state index in [0.717, 1.165) is 17.7 Å². The Labute approximate surface area is 202 Å². The van der Waals surface area contributed by atoms with Gasteiger partial charge in [-0.2, -0.15) is 0 Å². The Balaban J connectivity index is 1.30. The van der Waals surface area contributed by atoms with Crippen molar-refractivity contribution in [2.24, 2.45) is 11.3 Å². The van der Waals surface area contributed by atoms with E-state index in [2.05, 4.69) is 42.4 Å². The summed E-state index contributed by atoms with van der Waals surface area (Å²) in [5.41, 5.74) is 1.99. The molecular weight excluding hydrogens is 454 g/mol. The Bertz CT molecular complexity index is 1180. The van der Waals surface area contributed by atoms with Gasteiger partial charge in [0.05, 0.1) is 17.6 Å². The van der Waals surface area contributed by atoms with Crippen LogP contribution in [0, 0.1) is 11.3 Å². The monoisotopic (exact) mass is 483 g/mol. The molecule has 9 heteroatoms. The van der Waals surface area contributed by atoms with Crippen LogP contribution >= 0.6 is 11.3 Å². The van der Waals surface area contributed by atoms with Crippen molar-refractivity contribution in [2.75, 3.05) is 13.7 Å². The van der Waals surface area contributed by atoms with E-state index in [1.165, 1.54) is 24.0 Å².